The Morgan fingerprint density at radius 2 is 2.21 bits per heavy atom. The van der Waals surface area contributed by atoms with Gasteiger partial charge >= 0.3 is 0 Å². The highest BCUT2D eigenvalue weighted by atomic mass is 16.5. The van der Waals surface area contributed by atoms with E-state index in [0.29, 0.717) is 12.5 Å². The van der Waals surface area contributed by atoms with Gasteiger partial charge in [-0.1, -0.05) is 6.92 Å². The fourth-order valence-electron chi connectivity index (χ4n) is 2.11. The average Bonchev–Trinajstić information content (AvgIpc) is 2.91. The first kappa shape index (κ1) is 14.1. The summed E-state index contributed by atoms with van der Waals surface area (Å²) in [6, 6.07) is 0. The van der Waals surface area contributed by atoms with Crippen LogP contribution in [0.2, 0.25) is 0 Å². The monoisotopic (exact) mass is 265 g/mol. The third-order valence-corrected chi connectivity index (χ3v) is 3.19. The van der Waals surface area contributed by atoms with Crippen molar-refractivity contribution in [2.24, 2.45) is 0 Å². The van der Waals surface area contributed by atoms with Crippen LogP contribution in [0.3, 0.4) is 0 Å². The minimum absolute atomic E-state index is 0.210. The molecule has 1 aliphatic heterocycles. The van der Waals surface area contributed by atoms with Gasteiger partial charge in [0.15, 0.2) is 0 Å². The summed E-state index contributed by atoms with van der Waals surface area (Å²) in [5.41, 5.74) is 0.969. The fourth-order valence-corrected chi connectivity index (χ4v) is 2.11. The molecule has 5 heteroatoms. The van der Waals surface area contributed by atoms with Crippen molar-refractivity contribution in [1.29, 1.82) is 0 Å². The molecule has 106 valence electrons. The molecule has 1 aromatic heterocycles. The molecule has 2 heterocycles. The summed E-state index contributed by atoms with van der Waals surface area (Å²) in [6.45, 7) is 8.33. The topological polar surface area (TPSA) is 56.3 Å². The van der Waals surface area contributed by atoms with Gasteiger partial charge in [-0.3, -0.25) is 0 Å². The first-order valence-corrected chi connectivity index (χ1v) is 7.04. The van der Waals surface area contributed by atoms with Crippen molar-refractivity contribution in [1.82, 2.24) is 9.97 Å². The van der Waals surface area contributed by atoms with E-state index >= 15 is 0 Å². The minimum Gasteiger partial charge on any atom is -0.475 e. The van der Waals surface area contributed by atoms with Crippen molar-refractivity contribution in [3.05, 3.63) is 11.4 Å². The Hall–Kier alpha value is -1.36. The molecule has 1 saturated heterocycles. The predicted molar refractivity (Wildman–Crippen MR) is 74.8 cm³/mol. The SMILES string of the molecule is CCCNc1nc(C)nc(OCC2CCCO2)c1C. The third kappa shape index (κ3) is 3.80. The summed E-state index contributed by atoms with van der Waals surface area (Å²) < 4.78 is 11.4. The molecule has 0 bridgehead atoms. The van der Waals surface area contributed by atoms with Crippen molar-refractivity contribution >= 4 is 5.82 Å². The zero-order valence-electron chi connectivity index (χ0n) is 12.0. The summed E-state index contributed by atoms with van der Waals surface area (Å²) in [5.74, 6) is 2.27. The number of aryl methyl sites for hydroxylation is 1. The molecule has 5 nitrogen and oxygen atoms in total. The lowest BCUT2D eigenvalue weighted by atomic mass is 10.2. The van der Waals surface area contributed by atoms with Crippen molar-refractivity contribution in [2.75, 3.05) is 25.1 Å². The number of hydrogen-bond donors (Lipinski definition) is 1. The van der Waals surface area contributed by atoms with Crippen molar-refractivity contribution < 1.29 is 9.47 Å². The summed E-state index contributed by atoms with van der Waals surface area (Å²) in [4.78, 5) is 8.79. The number of anilines is 1. The van der Waals surface area contributed by atoms with Crippen LogP contribution in [-0.2, 0) is 4.74 Å². The maximum atomic E-state index is 5.81. The Morgan fingerprint density at radius 1 is 1.37 bits per heavy atom. The number of hydrogen-bond acceptors (Lipinski definition) is 5. The van der Waals surface area contributed by atoms with Crippen molar-refractivity contribution in [3.63, 3.8) is 0 Å². The highest BCUT2D eigenvalue weighted by molar-refractivity contribution is 5.48. The zero-order valence-corrected chi connectivity index (χ0v) is 12.0. The van der Waals surface area contributed by atoms with Crippen LogP contribution < -0.4 is 10.1 Å². The zero-order chi connectivity index (χ0) is 13.7. The molecule has 0 aliphatic carbocycles. The molecular weight excluding hydrogens is 242 g/mol. The van der Waals surface area contributed by atoms with E-state index in [1.54, 1.807) is 0 Å². The largest absolute Gasteiger partial charge is 0.475 e. The van der Waals surface area contributed by atoms with Crippen molar-refractivity contribution in [2.45, 2.75) is 46.1 Å². The van der Waals surface area contributed by atoms with Gasteiger partial charge in [-0.2, -0.15) is 4.98 Å². The van der Waals surface area contributed by atoms with Crippen molar-refractivity contribution in [3.8, 4) is 5.88 Å². The lowest BCUT2D eigenvalue weighted by Crippen LogP contribution is -2.18. The smallest absolute Gasteiger partial charge is 0.221 e. The van der Waals surface area contributed by atoms with Gasteiger partial charge < -0.3 is 14.8 Å². The number of nitrogens with zero attached hydrogens (tertiary/aromatic N) is 2. The molecule has 1 unspecified atom stereocenters. The van der Waals surface area contributed by atoms with Gasteiger partial charge in [-0.15, -0.1) is 0 Å². The number of aromatic nitrogens is 2. The molecule has 0 spiro atoms. The molecule has 0 aromatic carbocycles. The molecule has 2 rings (SSSR count). The van der Waals surface area contributed by atoms with Crippen LogP contribution in [0, 0.1) is 13.8 Å². The second-order valence-corrected chi connectivity index (χ2v) is 4.92. The van der Waals surface area contributed by atoms with Gasteiger partial charge in [0.2, 0.25) is 5.88 Å². The molecule has 1 atom stereocenters. The highest BCUT2D eigenvalue weighted by Crippen LogP contribution is 2.23. The van der Waals surface area contributed by atoms with Crippen LogP contribution in [-0.4, -0.2) is 35.8 Å². The summed E-state index contributed by atoms with van der Waals surface area (Å²) in [7, 11) is 0. The maximum absolute atomic E-state index is 5.81. The molecule has 0 radical (unpaired) electrons. The van der Waals surface area contributed by atoms with E-state index in [1.807, 2.05) is 13.8 Å². The number of nitrogens with one attached hydrogen (secondary N) is 1. The Bertz CT molecular complexity index is 417. The van der Waals surface area contributed by atoms with Crippen LogP contribution in [0.15, 0.2) is 0 Å². The molecule has 1 aromatic rings. The van der Waals surface area contributed by atoms with Gasteiger partial charge in [0.1, 0.15) is 18.2 Å². The van der Waals surface area contributed by atoms with Crippen LogP contribution in [0.5, 0.6) is 5.88 Å². The Morgan fingerprint density at radius 3 is 2.89 bits per heavy atom. The highest BCUT2D eigenvalue weighted by Gasteiger charge is 2.18. The molecule has 19 heavy (non-hydrogen) atoms. The molecule has 0 saturated carbocycles. The van der Waals surface area contributed by atoms with Gasteiger partial charge in [0, 0.05) is 13.2 Å². The number of ether oxygens (including phenoxy) is 2. The number of rotatable bonds is 6. The summed E-state index contributed by atoms with van der Waals surface area (Å²) >= 11 is 0. The molecular formula is C14H23N3O2. The molecule has 1 aliphatic rings. The fraction of sp³-hybridized carbons (Fsp3) is 0.714. The molecule has 1 fully saturated rings. The van der Waals surface area contributed by atoms with Crippen LogP contribution >= 0.6 is 0 Å². The van der Waals surface area contributed by atoms with E-state index in [4.69, 9.17) is 9.47 Å². The lowest BCUT2D eigenvalue weighted by Gasteiger charge is -2.15. The van der Waals surface area contributed by atoms with E-state index in [-0.39, 0.29) is 6.10 Å². The van der Waals surface area contributed by atoms with E-state index in [1.165, 1.54) is 0 Å². The first-order chi connectivity index (χ1) is 9.20. The van der Waals surface area contributed by atoms with Gasteiger partial charge in [-0.25, -0.2) is 4.98 Å². The molecule has 0 amide bonds. The third-order valence-electron chi connectivity index (χ3n) is 3.19. The Labute approximate surface area is 114 Å². The molecule has 1 N–H and O–H groups in total. The standard InChI is InChI=1S/C14H23N3O2/c1-4-7-15-13-10(2)14(17-11(3)16-13)19-9-12-6-5-8-18-12/h12H,4-9H2,1-3H3,(H,15,16,17). The van der Waals surface area contributed by atoms with Gasteiger partial charge in [0.25, 0.3) is 0 Å². The van der Waals surface area contributed by atoms with Crippen LogP contribution in [0.4, 0.5) is 5.82 Å². The Balaban J connectivity index is 2.03. The predicted octanol–water partition coefficient (Wildman–Crippen LogP) is 2.47. The average molecular weight is 265 g/mol. The van der Waals surface area contributed by atoms with E-state index in [0.717, 1.165) is 49.6 Å². The van der Waals surface area contributed by atoms with Gasteiger partial charge in [0.05, 0.1) is 11.7 Å². The quantitative estimate of drug-likeness (QED) is 0.856. The van der Waals surface area contributed by atoms with E-state index in [9.17, 15) is 0 Å². The maximum Gasteiger partial charge on any atom is 0.221 e. The normalized spacial score (nSPS) is 18.6. The second-order valence-electron chi connectivity index (χ2n) is 4.92. The lowest BCUT2D eigenvalue weighted by molar-refractivity contribution is 0.0660. The van der Waals surface area contributed by atoms with Gasteiger partial charge in [-0.05, 0) is 33.1 Å². The first-order valence-electron chi connectivity index (χ1n) is 7.04. The van der Waals surface area contributed by atoms with Crippen LogP contribution in [0.25, 0.3) is 0 Å². The summed E-state index contributed by atoms with van der Waals surface area (Å²) in [6.07, 6.45) is 3.47. The summed E-state index contributed by atoms with van der Waals surface area (Å²) in [5, 5.41) is 3.31. The van der Waals surface area contributed by atoms with E-state index < -0.39 is 0 Å². The van der Waals surface area contributed by atoms with E-state index in [2.05, 4.69) is 22.2 Å². The van der Waals surface area contributed by atoms with Crippen LogP contribution in [0.1, 0.15) is 37.6 Å². The second kappa shape index (κ2) is 6.70. The Kier molecular flexibility index (Phi) is 4.96. The minimum atomic E-state index is 0.210.